The summed E-state index contributed by atoms with van der Waals surface area (Å²) in [6, 6.07) is 4.47. The lowest BCUT2D eigenvalue weighted by atomic mass is 10.3. The third-order valence-electron chi connectivity index (χ3n) is 2.67. The molecule has 0 atom stereocenters. The molecule has 108 valence electrons. The van der Waals surface area contributed by atoms with E-state index in [9.17, 15) is 8.42 Å². The van der Waals surface area contributed by atoms with Crippen molar-refractivity contribution < 1.29 is 13.2 Å². The van der Waals surface area contributed by atoms with Crippen LogP contribution in [0, 0.1) is 0 Å². The number of rotatable bonds is 6. The van der Waals surface area contributed by atoms with Crippen molar-refractivity contribution in [3.63, 3.8) is 0 Å². The summed E-state index contributed by atoms with van der Waals surface area (Å²) in [4.78, 5) is 0.221. The first-order valence-electron chi connectivity index (χ1n) is 5.86. The quantitative estimate of drug-likeness (QED) is 0.797. The molecule has 0 aliphatic heterocycles. The molecule has 0 fully saturated rings. The van der Waals surface area contributed by atoms with E-state index in [2.05, 4.69) is 15.9 Å². The average Bonchev–Trinajstić information content (AvgIpc) is 2.32. The predicted molar refractivity (Wildman–Crippen MR) is 79.5 cm³/mol. The van der Waals surface area contributed by atoms with Gasteiger partial charge in [-0.3, -0.25) is 0 Å². The molecule has 0 spiro atoms. The molecule has 0 amide bonds. The van der Waals surface area contributed by atoms with Crippen molar-refractivity contribution in [3.05, 3.63) is 22.7 Å². The van der Waals surface area contributed by atoms with Gasteiger partial charge < -0.3 is 10.5 Å². The molecule has 1 rings (SSSR count). The van der Waals surface area contributed by atoms with E-state index in [0.717, 1.165) is 0 Å². The first-order chi connectivity index (χ1) is 8.80. The molecular formula is C12H19BrN2O3S. The van der Waals surface area contributed by atoms with E-state index in [-0.39, 0.29) is 10.9 Å². The number of halogens is 1. The van der Waals surface area contributed by atoms with E-state index in [0.29, 0.717) is 23.3 Å². The maximum absolute atomic E-state index is 12.6. The van der Waals surface area contributed by atoms with Crippen LogP contribution in [0.5, 0.6) is 0 Å². The zero-order chi connectivity index (χ0) is 14.6. The molecule has 0 aliphatic rings. The molecule has 0 unspecified atom stereocenters. The van der Waals surface area contributed by atoms with Gasteiger partial charge in [0.2, 0.25) is 10.0 Å². The van der Waals surface area contributed by atoms with Crippen LogP contribution >= 0.6 is 15.9 Å². The van der Waals surface area contributed by atoms with Gasteiger partial charge in [-0.1, -0.05) is 0 Å². The van der Waals surface area contributed by atoms with Crippen molar-refractivity contribution in [2.24, 2.45) is 0 Å². The molecule has 0 bridgehead atoms. The summed E-state index contributed by atoms with van der Waals surface area (Å²) in [6.07, 6.45) is 0. The van der Waals surface area contributed by atoms with E-state index in [1.165, 1.54) is 16.4 Å². The van der Waals surface area contributed by atoms with E-state index in [1.807, 2.05) is 13.8 Å². The third kappa shape index (κ3) is 3.92. The molecule has 5 nitrogen and oxygen atoms in total. The molecule has 0 aromatic heterocycles. The molecule has 1 aromatic rings. The fourth-order valence-electron chi connectivity index (χ4n) is 1.64. The first-order valence-corrected chi connectivity index (χ1v) is 8.09. The Morgan fingerprint density at radius 3 is 2.53 bits per heavy atom. The zero-order valence-electron chi connectivity index (χ0n) is 11.3. The van der Waals surface area contributed by atoms with Crippen molar-refractivity contribution >= 4 is 31.6 Å². The second kappa shape index (κ2) is 6.69. The van der Waals surface area contributed by atoms with Gasteiger partial charge in [-0.15, -0.1) is 0 Å². The number of hydrogen-bond donors (Lipinski definition) is 1. The van der Waals surface area contributed by atoms with E-state index >= 15 is 0 Å². The van der Waals surface area contributed by atoms with Gasteiger partial charge in [-0.05, 0) is 48.0 Å². The van der Waals surface area contributed by atoms with Gasteiger partial charge in [0.25, 0.3) is 0 Å². The molecule has 0 saturated heterocycles. The molecule has 0 saturated carbocycles. The van der Waals surface area contributed by atoms with Gasteiger partial charge in [0.05, 0.1) is 11.5 Å². The molecule has 7 heteroatoms. The highest BCUT2D eigenvalue weighted by Gasteiger charge is 2.27. The van der Waals surface area contributed by atoms with E-state index in [1.54, 1.807) is 13.2 Å². The van der Waals surface area contributed by atoms with Crippen molar-refractivity contribution in [2.75, 3.05) is 26.0 Å². The van der Waals surface area contributed by atoms with Crippen molar-refractivity contribution in [2.45, 2.75) is 24.8 Å². The van der Waals surface area contributed by atoms with Crippen LogP contribution in [0.3, 0.4) is 0 Å². The number of nitrogens with two attached hydrogens (primary N) is 1. The number of anilines is 1. The normalized spacial score (nSPS) is 12.3. The SMILES string of the molecule is COCCN(C(C)C)S(=O)(=O)c1ccc(N)c(Br)c1. The van der Waals surface area contributed by atoms with Crippen LogP contribution in [-0.4, -0.2) is 39.0 Å². The highest BCUT2D eigenvalue weighted by atomic mass is 79.9. The minimum absolute atomic E-state index is 0.142. The van der Waals surface area contributed by atoms with Gasteiger partial charge in [0, 0.05) is 29.9 Å². The summed E-state index contributed by atoms with van der Waals surface area (Å²) in [5.41, 5.74) is 6.18. The Morgan fingerprint density at radius 2 is 2.05 bits per heavy atom. The van der Waals surface area contributed by atoms with Crippen LogP contribution in [0.1, 0.15) is 13.8 Å². The van der Waals surface area contributed by atoms with Crippen molar-refractivity contribution in [1.82, 2.24) is 4.31 Å². The summed E-state index contributed by atoms with van der Waals surface area (Å²) in [7, 11) is -2.00. The molecular weight excluding hydrogens is 332 g/mol. The summed E-state index contributed by atoms with van der Waals surface area (Å²) in [6.45, 7) is 4.34. The average molecular weight is 351 g/mol. The number of benzene rings is 1. The molecule has 0 radical (unpaired) electrons. The van der Waals surface area contributed by atoms with Gasteiger partial charge >= 0.3 is 0 Å². The summed E-state index contributed by atoms with van der Waals surface area (Å²) in [5.74, 6) is 0. The molecule has 0 heterocycles. The predicted octanol–water partition coefficient (Wildman–Crippen LogP) is 2.08. The maximum Gasteiger partial charge on any atom is 0.243 e. The van der Waals surface area contributed by atoms with Crippen LogP contribution in [0.25, 0.3) is 0 Å². The number of ether oxygens (including phenoxy) is 1. The molecule has 2 N–H and O–H groups in total. The Bertz CT molecular complexity index is 532. The fraction of sp³-hybridized carbons (Fsp3) is 0.500. The van der Waals surface area contributed by atoms with Crippen LogP contribution in [0.2, 0.25) is 0 Å². The minimum atomic E-state index is -3.54. The highest BCUT2D eigenvalue weighted by molar-refractivity contribution is 9.10. The van der Waals surface area contributed by atoms with Gasteiger partial charge in [0.1, 0.15) is 0 Å². The van der Waals surface area contributed by atoms with Crippen LogP contribution in [-0.2, 0) is 14.8 Å². The number of hydrogen-bond acceptors (Lipinski definition) is 4. The smallest absolute Gasteiger partial charge is 0.243 e. The van der Waals surface area contributed by atoms with Gasteiger partial charge in [-0.25, -0.2) is 8.42 Å². The van der Waals surface area contributed by atoms with Crippen molar-refractivity contribution in [3.8, 4) is 0 Å². The Labute approximate surface area is 122 Å². The maximum atomic E-state index is 12.6. The Hall–Kier alpha value is -0.630. The number of sulfonamides is 1. The monoisotopic (exact) mass is 350 g/mol. The largest absolute Gasteiger partial charge is 0.398 e. The van der Waals surface area contributed by atoms with Gasteiger partial charge in [0.15, 0.2) is 0 Å². The van der Waals surface area contributed by atoms with E-state index < -0.39 is 10.0 Å². The molecule has 19 heavy (non-hydrogen) atoms. The topological polar surface area (TPSA) is 72.6 Å². The standard InChI is InChI=1S/C12H19BrN2O3S/c1-9(2)15(6-7-18-3)19(16,17)10-4-5-12(14)11(13)8-10/h4-5,8-9H,6-7,14H2,1-3H3. The zero-order valence-corrected chi connectivity index (χ0v) is 13.7. The lowest BCUT2D eigenvalue weighted by molar-refractivity contribution is 0.171. The lowest BCUT2D eigenvalue weighted by Crippen LogP contribution is -2.39. The van der Waals surface area contributed by atoms with Gasteiger partial charge in [-0.2, -0.15) is 4.31 Å². The second-order valence-electron chi connectivity index (χ2n) is 4.39. The fourth-order valence-corrected chi connectivity index (χ4v) is 3.82. The Kier molecular flexibility index (Phi) is 5.79. The summed E-state index contributed by atoms with van der Waals surface area (Å²) >= 11 is 3.24. The highest BCUT2D eigenvalue weighted by Crippen LogP contribution is 2.25. The van der Waals surface area contributed by atoms with E-state index in [4.69, 9.17) is 10.5 Å². The third-order valence-corrected chi connectivity index (χ3v) is 5.43. The van der Waals surface area contributed by atoms with Crippen LogP contribution < -0.4 is 5.73 Å². The number of methoxy groups -OCH3 is 1. The first kappa shape index (κ1) is 16.4. The molecule has 1 aromatic carbocycles. The van der Waals surface area contributed by atoms with Crippen LogP contribution in [0.15, 0.2) is 27.6 Å². The van der Waals surface area contributed by atoms with Crippen molar-refractivity contribution in [1.29, 1.82) is 0 Å². The molecule has 0 aliphatic carbocycles. The second-order valence-corrected chi connectivity index (χ2v) is 7.13. The minimum Gasteiger partial charge on any atom is -0.398 e. The summed E-state index contributed by atoms with van der Waals surface area (Å²) < 4.78 is 32.0. The number of nitrogen functional groups attached to an aromatic ring is 1. The lowest BCUT2D eigenvalue weighted by Gasteiger charge is -2.25. The Morgan fingerprint density at radius 1 is 1.42 bits per heavy atom. The summed E-state index contributed by atoms with van der Waals surface area (Å²) in [5, 5.41) is 0. The Balaban J connectivity index is 3.15. The van der Waals surface area contributed by atoms with Crippen LogP contribution in [0.4, 0.5) is 5.69 Å². The number of nitrogens with zero attached hydrogens (tertiary/aromatic N) is 1.